The number of tetrazole rings is 1. The minimum atomic E-state index is -0.675. The average Bonchev–Trinajstić information content (AvgIpc) is 3.18. The fourth-order valence-corrected chi connectivity index (χ4v) is 3.00. The van der Waals surface area contributed by atoms with Crippen LogP contribution in [0, 0.1) is 5.92 Å². The second kappa shape index (κ2) is 9.91. The zero-order chi connectivity index (χ0) is 19.8. The van der Waals surface area contributed by atoms with Crippen LogP contribution >= 0.6 is 11.8 Å². The summed E-state index contributed by atoms with van der Waals surface area (Å²) in [7, 11) is 2.90. The molecule has 1 aromatic carbocycles. The number of esters is 1. The van der Waals surface area contributed by atoms with Crippen molar-refractivity contribution in [3.8, 4) is 11.4 Å². The second-order valence-corrected chi connectivity index (χ2v) is 6.76. The van der Waals surface area contributed by atoms with Gasteiger partial charge < -0.3 is 14.8 Å². The molecule has 2 rings (SSSR count). The maximum absolute atomic E-state index is 12.3. The monoisotopic (exact) mass is 393 g/mol. The van der Waals surface area contributed by atoms with Crippen LogP contribution in [0.5, 0.6) is 5.75 Å². The molecular weight excluding hydrogens is 370 g/mol. The first kappa shape index (κ1) is 20.7. The average molecular weight is 393 g/mol. The number of nitrogens with one attached hydrogen (secondary N) is 1. The van der Waals surface area contributed by atoms with Crippen molar-refractivity contribution in [1.29, 1.82) is 0 Å². The van der Waals surface area contributed by atoms with Crippen molar-refractivity contribution in [2.45, 2.75) is 31.5 Å². The van der Waals surface area contributed by atoms with E-state index in [1.54, 1.807) is 19.2 Å². The molecule has 9 nitrogen and oxygen atoms in total. The van der Waals surface area contributed by atoms with E-state index >= 15 is 0 Å². The summed E-state index contributed by atoms with van der Waals surface area (Å²) >= 11 is 1.18. The summed E-state index contributed by atoms with van der Waals surface area (Å²) in [4.78, 5) is 24.2. The zero-order valence-corrected chi connectivity index (χ0v) is 16.5. The van der Waals surface area contributed by atoms with E-state index in [0.717, 1.165) is 17.9 Å². The van der Waals surface area contributed by atoms with Crippen molar-refractivity contribution in [2.75, 3.05) is 20.0 Å². The molecule has 10 heteroatoms. The van der Waals surface area contributed by atoms with Crippen LogP contribution in [0.4, 0.5) is 0 Å². The van der Waals surface area contributed by atoms with Gasteiger partial charge in [0.25, 0.3) is 0 Å². The molecule has 2 aromatic rings. The Morgan fingerprint density at radius 2 is 1.96 bits per heavy atom. The molecule has 0 aliphatic carbocycles. The van der Waals surface area contributed by atoms with Gasteiger partial charge in [0, 0.05) is 0 Å². The Labute approximate surface area is 161 Å². The summed E-state index contributed by atoms with van der Waals surface area (Å²) in [5.74, 6) is 0.0153. The van der Waals surface area contributed by atoms with E-state index in [2.05, 4.69) is 20.8 Å². The molecule has 1 aromatic heterocycles. The van der Waals surface area contributed by atoms with E-state index in [1.807, 2.05) is 26.0 Å². The summed E-state index contributed by atoms with van der Waals surface area (Å²) in [6, 6.07) is 6.55. The molecule has 27 heavy (non-hydrogen) atoms. The smallest absolute Gasteiger partial charge is 0.328 e. The van der Waals surface area contributed by atoms with Gasteiger partial charge in [0.05, 0.1) is 25.7 Å². The van der Waals surface area contributed by atoms with Gasteiger partial charge in [0.15, 0.2) is 0 Å². The van der Waals surface area contributed by atoms with E-state index in [1.165, 1.54) is 23.6 Å². The Morgan fingerprint density at radius 1 is 1.26 bits per heavy atom. The standard InChI is InChI=1S/C17H23N5O4S/c1-5-11(2)15(16(24)26-4)18-14(23)10-27-17-19-20-21-22(17)12-6-8-13(25-3)9-7-12/h6-9,11,15H,5,10H2,1-4H3,(H,18,23). The molecule has 0 saturated carbocycles. The Hall–Kier alpha value is -2.62. The van der Waals surface area contributed by atoms with E-state index in [4.69, 9.17) is 9.47 Å². The van der Waals surface area contributed by atoms with Gasteiger partial charge in [-0.05, 0) is 40.6 Å². The molecule has 0 aliphatic rings. The summed E-state index contributed by atoms with van der Waals surface area (Å²) in [6.07, 6.45) is 0.739. The zero-order valence-electron chi connectivity index (χ0n) is 15.7. The van der Waals surface area contributed by atoms with Gasteiger partial charge in [-0.15, -0.1) is 5.10 Å². The number of carbonyl (C=O) groups excluding carboxylic acids is 2. The third-order valence-corrected chi connectivity index (χ3v) is 4.99. The molecular formula is C17H23N5O4S. The number of methoxy groups -OCH3 is 2. The minimum Gasteiger partial charge on any atom is -0.497 e. The number of rotatable bonds is 9. The van der Waals surface area contributed by atoms with Crippen molar-refractivity contribution < 1.29 is 19.1 Å². The highest BCUT2D eigenvalue weighted by atomic mass is 32.2. The number of amides is 1. The Morgan fingerprint density at radius 3 is 2.56 bits per heavy atom. The number of hydrogen-bond acceptors (Lipinski definition) is 8. The number of benzene rings is 1. The fourth-order valence-electron chi connectivity index (χ4n) is 2.30. The second-order valence-electron chi connectivity index (χ2n) is 5.81. The van der Waals surface area contributed by atoms with Crippen molar-refractivity contribution in [1.82, 2.24) is 25.5 Å². The number of thioether (sulfide) groups is 1. The van der Waals surface area contributed by atoms with Gasteiger partial charge in [0.1, 0.15) is 11.8 Å². The van der Waals surface area contributed by atoms with Crippen LogP contribution in [-0.2, 0) is 14.3 Å². The number of hydrogen-bond donors (Lipinski definition) is 1. The third kappa shape index (κ3) is 5.43. The van der Waals surface area contributed by atoms with Crippen molar-refractivity contribution in [3.05, 3.63) is 24.3 Å². The van der Waals surface area contributed by atoms with Crippen LogP contribution in [0.15, 0.2) is 29.4 Å². The Kier molecular flexibility index (Phi) is 7.59. The van der Waals surface area contributed by atoms with Crippen LogP contribution in [0.25, 0.3) is 5.69 Å². The lowest BCUT2D eigenvalue weighted by molar-refractivity contribution is -0.146. The van der Waals surface area contributed by atoms with Gasteiger partial charge in [-0.2, -0.15) is 4.68 Å². The first-order valence-corrected chi connectivity index (χ1v) is 9.41. The van der Waals surface area contributed by atoms with Gasteiger partial charge >= 0.3 is 5.97 Å². The van der Waals surface area contributed by atoms with Crippen LogP contribution < -0.4 is 10.1 Å². The largest absolute Gasteiger partial charge is 0.497 e. The number of ether oxygens (including phenoxy) is 2. The van der Waals surface area contributed by atoms with E-state index < -0.39 is 12.0 Å². The summed E-state index contributed by atoms with van der Waals surface area (Å²) < 4.78 is 11.4. The Bertz CT molecular complexity index is 765. The highest BCUT2D eigenvalue weighted by Crippen LogP contribution is 2.20. The number of nitrogens with zero attached hydrogens (tertiary/aromatic N) is 4. The predicted molar refractivity (Wildman–Crippen MR) is 99.8 cm³/mol. The van der Waals surface area contributed by atoms with Crippen molar-refractivity contribution in [2.24, 2.45) is 5.92 Å². The molecule has 1 N–H and O–H groups in total. The van der Waals surface area contributed by atoms with Crippen LogP contribution in [0.1, 0.15) is 20.3 Å². The van der Waals surface area contributed by atoms with Crippen LogP contribution in [0.3, 0.4) is 0 Å². The highest BCUT2D eigenvalue weighted by molar-refractivity contribution is 7.99. The topological polar surface area (TPSA) is 108 Å². The highest BCUT2D eigenvalue weighted by Gasteiger charge is 2.26. The summed E-state index contributed by atoms with van der Waals surface area (Å²) in [6.45, 7) is 3.84. The van der Waals surface area contributed by atoms with Crippen molar-refractivity contribution >= 4 is 23.6 Å². The molecule has 0 saturated heterocycles. The van der Waals surface area contributed by atoms with E-state index in [9.17, 15) is 9.59 Å². The first-order chi connectivity index (χ1) is 13.0. The van der Waals surface area contributed by atoms with Gasteiger partial charge in [-0.25, -0.2) is 4.79 Å². The predicted octanol–water partition coefficient (Wildman–Crippen LogP) is 1.47. The number of aromatic nitrogens is 4. The summed E-state index contributed by atoms with van der Waals surface area (Å²) in [5.41, 5.74) is 0.746. The first-order valence-electron chi connectivity index (χ1n) is 8.42. The molecule has 146 valence electrons. The summed E-state index contributed by atoms with van der Waals surface area (Å²) in [5, 5.41) is 14.8. The lowest BCUT2D eigenvalue weighted by Crippen LogP contribution is -2.46. The quantitative estimate of drug-likeness (QED) is 0.504. The molecule has 0 radical (unpaired) electrons. The molecule has 2 unspecified atom stereocenters. The van der Waals surface area contributed by atoms with Crippen LogP contribution in [0.2, 0.25) is 0 Å². The molecule has 1 heterocycles. The molecule has 0 aliphatic heterocycles. The molecule has 1 amide bonds. The van der Waals surface area contributed by atoms with E-state index in [-0.39, 0.29) is 17.6 Å². The molecule has 0 fully saturated rings. The normalized spacial score (nSPS) is 12.9. The third-order valence-electron chi connectivity index (χ3n) is 4.07. The lowest BCUT2D eigenvalue weighted by atomic mass is 9.99. The van der Waals surface area contributed by atoms with Gasteiger partial charge in [-0.3, -0.25) is 4.79 Å². The van der Waals surface area contributed by atoms with Gasteiger partial charge in [-0.1, -0.05) is 32.0 Å². The lowest BCUT2D eigenvalue weighted by Gasteiger charge is -2.21. The molecule has 0 bridgehead atoms. The Balaban J connectivity index is 2.01. The fraction of sp³-hybridized carbons (Fsp3) is 0.471. The van der Waals surface area contributed by atoms with E-state index in [0.29, 0.717) is 5.16 Å². The number of carbonyl (C=O) groups is 2. The molecule has 0 spiro atoms. The van der Waals surface area contributed by atoms with Gasteiger partial charge in [0.2, 0.25) is 11.1 Å². The maximum atomic E-state index is 12.3. The maximum Gasteiger partial charge on any atom is 0.328 e. The minimum absolute atomic E-state index is 0.0315. The molecule has 2 atom stereocenters. The SMILES string of the molecule is CCC(C)C(NC(=O)CSc1nnnn1-c1ccc(OC)cc1)C(=O)OC. The van der Waals surface area contributed by atoms with Crippen LogP contribution in [-0.4, -0.2) is 58.1 Å². The van der Waals surface area contributed by atoms with Crippen molar-refractivity contribution in [3.63, 3.8) is 0 Å².